The topological polar surface area (TPSA) is 83.6 Å². The molecule has 2 N–H and O–H groups in total. The van der Waals surface area contributed by atoms with Gasteiger partial charge in [-0.25, -0.2) is 9.78 Å². The number of anilines is 3. The van der Waals surface area contributed by atoms with Crippen LogP contribution in [0.15, 0.2) is 36.5 Å². The van der Waals surface area contributed by atoms with Gasteiger partial charge in [-0.2, -0.15) is 13.2 Å². The van der Waals surface area contributed by atoms with Crippen LogP contribution in [0.1, 0.15) is 18.4 Å². The fraction of sp³-hybridized carbons (Fsp3) is 0.350. The first-order valence-corrected chi connectivity index (χ1v) is 9.78. The van der Waals surface area contributed by atoms with Crippen LogP contribution in [0.2, 0.25) is 5.02 Å². The number of ether oxygens (including phenoxy) is 1. The minimum absolute atomic E-state index is 0.0709. The van der Waals surface area contributed by atoms with E-state index in [0.717, 1.165) is 12.3 Å². The number of benzene rings is 1. The minimum Gasteiger partial charge on any atom is -0.453 e. The van der Waals surface area contributed by atoms with Crippen LogP contribution in [0.4, 0.5) is 35.2 Å². The first kappa shape index (κ1) is 22.7. The highest BCUT2D eigenvalue weighted by atomic mass is 35.5. The maximum absolute atomic E-state index is 12.8. The van der Waals surface area contributed by atoms with E-state index in [9.17, 15) is 22.8 Å². The number of carbonyl (C=O) groups is 2. The average molecular weight is 457 g/mol. The number of piperidine rings is 1. The molecule has 11 heteroatoms. The molecule has 1 aliphatic rings. The lowest BCUT2D eigenvalue weighted by molar-refractivity contribution is -0.137. The minimum atomic E-state index is -4.51. The summed E-state index contributed by atoms with van der Waals surface area (Å²) in [5.74, 6) is -0.126. The van der Waals surface area contributed by atoms with Crippen molar-refractivity contribution in [3.05, 3.63) is 47.1 Å². The Morgan fingerprint density at radius 2 is 1.71 bits per heavy atom. The number of pyridine rings is 1. The van der Waals surface area contributed by atoms with E-state index in [-0.39, 0.29) is 22.7 Å². The first-order chi connectivity index (χ1) is 14.7. The Morgan fingerprint density at radius 3 is 2.23 bits per heavy atom. The highest BCUT2D eigenvalue weighted by Gasteiger charge is 2.33. The number of rotatable bonds is 4. The van der Waals surface area contributed by atoms with Gasteiger partial charge in [-0.1, -0.05) is 11.6 Å². The van der Waals surface area contributed by atoms with Gasteiger partial charge in [0, 0.05) is 36.6 Å². The zero-order chi connectivity index (χ0) is 22.6. The van der Waals surface area contributed by atoms with Crippen molar-refractivity contribution in [2.24, 2.45) is 5.92 Å². The van der Waals surface area contributed by atoms with Crippen molar-refractivity contribution in [1.29, 1.82) is 0 Å². The molecule has 31 heavy (non-hydrogen) atoms. The van der Waals surface area contributed by atoms with E-state index in [0.29, 0.717) is 37.3 Å². The van der Waals surface area contributed by atoms with Gasteiger partial charge in [0.25, 0.3) is 0 Å². The van der Waals surface area contributed by atoms with E-state index in [1.807, 2.05) is 0 Å². The number of alkyl halides is 3. The van der Waals surface area contributed by atoms with Crippen LogP contribution < -0.4 is 15.5 Å². The summed E-state index contributed by atoms with van der Waals surface area (Å²) in [5, 5.41) is 5.27. The van der Waals surface area contributed by atoms with Crippen LogP contribution in [-0.4, -0.2) is 37.2 Å². The molecule has 2 heterocycles. The molecule has 166 valence electrons. The third-order valence-electron chi connectivity index (χ3n) is 4.90. The van der Waals surface area contributed by atoms with Crippen molar-refractivity contribution in [2.75, 3.05) is 35.7 Å². The number of hydrogen-bond acceptors (Lipinski definition) is 5. The van der Waals surface area contributed by atoms with Gasteiger partial charge >= 0.3 is 12.3 Å². The second-order valence-corrected chi connectivity index (χ2v) is 7.38. The lowest BCUT2D eigenvalue weighted by Crippen LogP contribution is -2.38. The number of halogens is 4. The second kappa shape index (κ2) is 9.42. The summed E-state index contributed by atoms with van der Waals surface area (Å²) in [6, 6.07) is 7.44. The van der Waals surface area contributed by atoms with Crippen LogP contribution in [0, 0.1) is 5.92 Å². The predicted octanol–water partition coefficient (Wildman–Crippen LogP) is 4.79. The smallest absolute Gasteiger partial charge is 0.417 e. The lowest BCUT2D eigenvalue weighted by Gasteiger charge is -2.32. The lowest BCUT2D eigenvalue weighted by atomic mass is 9.95. The molecule has 1 aliphatic heterocycles. The third kappa shape index (κ3) is 5.78. The Morgan fingerprint density at radius 1 is 1.13 bits per heavy atom. The summed E-state index contributed by atoms with van der Waals surface area (Å²) < 4.78 is 42.8. The molecule has 1 saturated heterocycles. The van der Waals surface area contributed by atoms with Gasteiger partial charge in [-0.05, 0) is 43.2 Å². The quantitative estimate of drug-likeness (QED) is 0.691. The van der Waals surface area contributed by atoms with Gasteiger partial charge < -0.3 is 15.0 Å². The number of aromatic nitrogens is 1. The molecule has 0 atom stereocenters. The van der Waals surface area contributed by atoms with Crippen molar-refractivity contribution in [1.82, 2.24) is 4.98 Å². The zero-order valence-electron chi connectivity index (χ0n) is 16.5. The number of methoxy groups -OCH3 is 1. The fourth-order valence-electron chi connectivity index (χ4n) is 3.22. The van der Waals surface area contributed by atoms with Crippen LogP contribution in [0.25, 0.3) is 0 Å². The summed E-state index contributed by atoms with van der Waals surface area (Å²) >= 11 is 6.01. The standard InChI is InChI=1S/C20H20ClF3N4O3/c1-31-19(30)27-15-4-2-14(3-5-15)26-18(29)12-6-8-28(9-7-12)17-16(21)10-13(11-25-17)20(22,23)24/h2-5,10-12H,6-9H2,1H3,(H,26,29)(H,27,30). The van der Waals surface area contributed by atoms with Crippen molar-refractivity contribution < 1.29 is 27.5 Å². The Labute approximate surface area is 181 Å². The molecular weight excluding hydrogens is 437 g/mol. The summed E-state index contributed by atoms with van der Waals surface area (Å²) in [7, 11) is 1.26. The van der Waals surface area contributed by atoms with E-state index in [1.54, 1.807) is 29.2 Å². The van der Waals surface area contributed by atoms with Crippen LogP contribution in [-0.2, 0) is 15.7 Å². The zero-order valence-corrected chi connectivity index (χ0v) is 17.3. The SMILES string of the molecule is COC(=O)Nc1ccc(NC(=O)C2CCN(c3ncc(C(F)(F)F)cc3Cl)CC2)cc1. The highest BCUT2D eigenvalue weighted by molar-refractivity contribution is 6.33. The number of nitrogens with one attached hydrogen (secondary N) is 2. The third-order valence-corrected chi connectivity index (χ3v) is 5.18. The second-order valence-electron chi connectivity index (χ2n) is 6.97. The summed E-state index contributed by atoms with van der Waals surface area (Å²) in [4.78, 5) is 29.4. The molecule has 0 unspecified atom stereocenters. The van der Waals surface area contributed by atoms with E-state index >= 15 is 0 Å². The molecule has 1 fully saturated rings. The molecule has 0 saturated carbocycles. The maximum atomic E-state index is 12.8. The van der Waals surface area contributed by atoms with Crippen LogP contribution in [0.3, 0.4) is 0 Å². The average Bonchev–Trinajstić information content (AvgIpc) is 2.74. The van der Waals surface area contributed by atoms with Gasteiger partial charge in [-0.3, -0.25) is 10.1 Å². The van der Waals surface area contributed by atoms with Crippen molar-refractivity contribution >= 4 is 40.8 Å². The molecule has 1 aromatic heterocycles. The van der Waals surface area contributed by atoms with Crippen molar-refractivity contribution in [3.63, 3.8) is 0 Å². The predicted molar refractivity (Wildman–Crippen MR) is 110 cm³/mol. The highest BCUT2D eigenvalue weighted by Crippen LogP contribution is 2.34. The van der Waals surface area contributed by atoms with Crippen LogP contribution in [0.5, 0.6) is 0 Å². The molecule has 7 nitrogen and oxygen atoms in total. The molecule has 1 aromatic carbocycles. The molecule has 0 radical (unpaired) electrons. The van der Waals surface area contributed by atoms with E-state index < -0.39 is 17.8 Å². The largest absolute Gasteiger partial charge is 0.453 e. The van der Waals surface area contributed by atoms with Gasteiger partial charge in [0.2, 0.25) is 5.91 Å². The molecule has 2 aromatic rings. The Bertz CT molecular complexity index is 946. The molecular formula is C20H20ClF3N4O3. The van der Waals surface area contributed by atoms with Gasteiger partial charge in [0.05, 0.1) is 17.7 Å². The van der Waals surface area contributed by atoms with E-state index in [4.69, 9.17) is 11.6 Å². The molecule has 0 aliphatic carbocycles. The normalized spacial score (nSPS) is 14.8. The van der Waals surface area contributed by atoms with Crippen molar-refractivity contribution in [2.45, 2.75) is 19.0 Å². The first-order valence-electron chi connectivity index (χ1n) is 9.41. The molecule has 2 amide bonds. The number of carbonyl (C=O) groups excluding carboxylic acids is 2. The van der Waals surface area contributed by atoms with E-state index in [1.165, 1.54) is 7.11 Å². The van der Waals surface area contributed by atoms with Gasteiger partial charge in [0.1, 0.15) is 5.82 Å². The summed E-state index contributed by atoms with van der Waals surface area (Å²) in [6.07, 6.45) is -3.32. The van der Waals surface area contributed by atoms with Crippen LogP contribution >= 0.6 is 11.6 Å². The Hall–Kier alpha value is -3.01. The van der Waals surface area contributed by atoms with Gasteiger partial charge in [0.15, 0.2) is 0 Å². The molecule has 0 spiro atoms. The monoisotopic (exact) mass is 456 g/mol. The summed E-state index contributed by atoms with van der Waals surface area (Å²) in [5.41, 5.74) is 0.206. The fourth-order valence-corrected chi connectivity index (χ4v) is 3.51. The van der Waals surface area contributed by atoms with Gasteiger partial charge in [-0.15, -0.1) is 0 Å². The molecule has 0 bridgehead atoms. The Kier molecular flexibility index (Phi) is 6.89. The maximum Gasteiger partial charge on any atom is 0.417 e. The van der Waals surface area contributed by atoms with Crippen molar-refractivity contribution in [3.8, 4) is 0 Å². The molecule has 3 rings (SSSR count). The number of amides is 2. The number of hydrogen-bond donors (Lipinski definition) is 2. The van der Waals surface area contributed by atoms with E-state index in [2.05, 4.69) is 20.4 Å². The Balaban J connectivity index is 1.55. The summed E-state index contributed by atoms with van der Waals surface area (Å²) in [6.45, 7) is 0.885. The number of nitrogens with zero attached hydrogens (tertiary/aromatic N) is 2.